The van der Waals surface area contributed by atoms with E-state index in [0.717, 1.165) is 19.0 Å². The highest BCUT2D eigenvalue weighted by molar-refractivity contribution is 14.0. The Morgan fingerprint density at radius 1 is 1.04 bits per heavy atom. The van der Waals surface area contributed by atoms with Crippen LogP contribution in [0.3, 0.4) is 0 Å². The zero-order valence-corrected chi connectivity index (χ0v) is 17.3. The predicted molar refractivity (Wildman–Crippen MR) is 113 cm³/mol. The monoisotopic (exact) mass is 445 g/mol. The van der Waals surface area contributed by atoms with Crippen molar-refractivity contribution in [3.8, 4) is 0 Å². The van der Waals surface area contributed by atoms with Crippen molar-refractivity contribution in [1.29, 1.82) is 0 Å². The Morgan fingerprint density at radius 3 is 2.42 bits per heavy atom. The van der Waals surface area contributed by atoms with Crippen molar-refractivity contribution in [3.05, 3.63) is 35.9 Å². The predicted octanol–water partition coefficient (Wildman–Crippen LogP) is 2.00. The van der Waals surface area contributed by atoms with Gasteiger partial charge in [0.2, 0.25) is 0 Å². The van der Waals surface area contributed by atoms with Crippen molar-refractivity contribution in [2.24, 2.45) is 4.99 Å². The van der Waals surface area contributed by atoms with Gasteiger partial charge in [0.1, 0.15) is 0 Å². The Morgan fingerprint density at radius 2 is 1.75 bits per heavy atom. The zero-order valence-electron chi connectivity index (χ0n) is 15.0. The summed E-state index contributed by atoms with van der Waals surface area (Å²) in [5.74, 6) is 0.883. The number of likely N-dealkylation sites (N-methyl/N-ethyl adjacent to an activating group) is 1. The molecule has 1 fully saturated rings. The molecule has 5 nitrogen and oxygen atoms in total. The Bertz CT molecular complexity index is 458. The third kappa shape index (κ3) is 8.30. The molecule has 0 unspecified atom stereocenters. The summed E-state index contributed by atoms with van der Waals surface area (Å²) < 4.78 is 0. The molecule has 0 saturated carbocycles. The molecule has 1 aromatic carbocycles. The summed E-state index contributed by atoms with van der Waals surface area (Å²) in [6, 6.07) is 10.4. The molecule has 0 amide bonds. The lowest BCUT2D eigenvalue weighted by Crippen LogP contribution is -2.44. The van der Waals surface area contributed by atoms with Crippen molar-refractivity contribution < 1.29 is 0 Å². The Balaban J connectivity index is 0.00000288. The Hall–Kier alpha value is -0.860. The first-order valence-corrected chi connectivity index (χ1v) is 8.67. The van der Waals surface area contributed by atoms with Gasteiger partial charge in [-0.2, -0.15) is 0 Å². The first-order valence-electron chi connectivity index (χ1n) is 8.67. The van der Waals surface area contributed by atoms with Gasteiger partial charge in [0.25, 0.3) is 0 Å². The normalized spacial score (nSPS) is 16.5. The highest BCUT2D eigenvalue weighted by atomic mass is 127. The third-order valence-electron chi connectivity index (χ3n) is 4.32. The highest BCUT2D eigenvalue weighted by Crippen LogP contribution is 2.01. The van der Waals surface area contributed by atoms with E-state index in [0.29, 0.717) is 0 Å². The molecular formula is C18H32IN5. The van der Waals surface area contributed by atoms with Crippen LogP contribution in [0.1, 0.15) is 18.4 Å². The van der Waals surface area contributed by atoms with Gasteiger partial charge in [0.15, 0.2) is 5.96 Å². The molecule has 1 aliphatic rings. The number of hydrogen-bond donors (Lipinski definition) is 2. The van der Waals surface area contributed by atoms with Crippen LogP contribution in [0.4, 0.5) is 0 Å². The van der Waals surface area contributed by atoms with E-state index in [4.69, 9.17) is 0 Å². The molecule has 1 heterocycles. The van der Waals surface area contributed by atoms with E-state index in [1.54, 1.807) is 0 Å². The zero-order chi connectivity index (χ0) is 16.3. The quantitative estimate of drug-likeness (QED) is 0.292. The molecule has 6 heteroatoms. The van der Waals surface area contributed by atoms with Gasteiger partial charge in [-0.05, 0) is 32.0 Å². The average molecular weight is 445 g/mol. The largest absolute Gasteiger partial charge is 0.356 e. The van der Waals surface area contributed by atoms with Gasteiger partial charge >= 0.3 is 0 Å². The van der Waals surface area contributed by atoms with Gasteiger partial charge in [-0.3, -0.25) is 4.99 Å². The van der Waals surface area contributed by atoms with E-state index in [1.807, 2.05) is 13.1 Å². The molecule has 0 atom stereocenters. The number of nitrogens with zero attached hydrogens (tertiary/aromatic N) is 3. The molecule has 0 aliphatic carbocycles. The minimum atomic E-state index is 0. The number of nitrogens with one attached hydrogen (secondary N) is 2. The summed E-state index contributed by atoms with van der Waals surface area (Å²) in [4.78, 5) is 9.25. The summed E-state index contributed by atoms with van der Waals surface area (Å²) in [6.45, 7) is 7.83. The number of halogens is 1. The second-order valence-electron chi connectivity index (χ2n) is 6.19. The maximum Gasteiger partial charge on any atom is 0.191 e. The number of guanidine groups is 1. The fourth-order valence-electron chi connectivity index (χ4n) is 2.74. The number of piperazine rings is 1. The first kappa shape index (κ1) is 21.2. The Kier molecular flexibility index (Phi) is 11.0. The summed E-state index contributed by atoms with van der Waals surface area (Å²) >= 11 is 0. The lowest BCUT2D eigenvalue weighted by Gasteiger charge is -2.32. The maximum atomic E-state index is 4.28. The van der Waals surface area contributed by atoms with E-state index in [2.05, 4.69) is 56.7 Å². The molecule has 2 N–H and O–H groups in total. The van der Waals surface area contributed by atoms with Crippen LogP contribution in [0.5, 0.6) is 0 Å². The number of rotatable bonds is 7. The van der Waals surface area contributed by atoms with Crippen LogP contribution < -0.4 is 10.6 Å². The van der Waals surface area contributed by atoms with Gasteiger partial charge in [-0.1, -0.05) is 30.3 Å². The number of benzene rings is 1. The fraction of sp³-hybridized carbons (Fsp3) is 0.611. The smallest absolute Gasteiger partial charge is 0.191 e. The van der Waals surface area contributed by atoms with Crippen LogP contribution in [-0.2, 0) is 6.54 Å². The second-order valence-corrected chi connectivity index (χ2v) is 6.19. The number of hydrogen-bond acceptors (Lipinski definition) is 3. The summed E-state index contributed by atoms with van der Waals surface area (Å²) in [6.07, 6.45) is 2.42. The first-order chi connectivity index (χ1) is 11.3. The third-order valence-corrected chi connectivity index (χ3v) is 4.32. The van der Waals surface area contributed by atoms with E-state index in [9.17, 15) is 0 Å². The van der Waals surface area contributed by atoms with Gasteiger partial charge < -0.3 is 20.4 Å². The van der Waals surface area contributed by atoms with Crippen molar-refractivity contribution in [3.63, 3.8) is 0 Å². The van der Waals surface area contributed by atoms with Crippen LogP contribution in [-0.4, -0.2) is 69.1 Å². The second kappa shape index (κ2) is 12.5. The maximum absolute atomic E-state index is 4.28. The molecule has 24 heavy (non-hydrogen) atoms. The molecular weight excluding hydrogens is 413 g/mol. The van der Waals surface area contributed by atoms with Crippen molar-refractivity contribution in [2.75, 3.05) is 53.4 Å². The molecule has 0 bridgehead atoms. The molecule has 0 aromatic heterocycles. The molecule has 1 aliphatic heterocycles. The van der Waals surface area contributed by atoms with E-state index in [1.165, 1.54) is 51.1 Å². The van der Waals surface area contributed by atoms with Gasteiger partial charge in [0, 0.05) is 46.3 Å². The summed E-state index contributed by atoms with van der Waals surface area (Å²) in [7, 11) is 4.03. The van der Waals surface area contributed by atoms with Gasteiger partial charge in [-0.15, -0.1) is 24.0 Å². The highest BCUT2D eigenvalue weighted by Gasteiger charge is 2.12. The minimum Gasteiger partial charge on any atom is -0.356 e. The lowest BCUT2D eigenvalue weighted by atomic mass is 10.2. The van der Waals surface area contributed by atoms with Crippen LogP contribution >= 0.6 is 24.0 Å². The lowest BCUT2D eigenvalue weighted by molar-refractivity contribution is 0.152. The van der Waals surface area contributed by atoms with Gasteiger partial charge in [0.05, 0.1) is 0 Å². The van der Waals surface area contributed by atoms with Crippen LogP contribution in [0, 0.1) is 0 Å². The van der Waals surface area contributed by atoms with E-state index < -0.39 is 0 Å². The SMILES string of the molecule is CN=C(NCCCCN1CCN(C)CC1)NCc1ccccc1.I. The van der Waals surface area contributed by atoms with Crippen LogP contribution in [0.25, 0.3) is 0 Å². The average Bonchev–Trinajstić information content (AvgIpc) is 2.60. The van der Waals surface area contributed by atoms with E-state index in [-0.39, 0.29) is 24.0 Å². The van der Waals surface area contributed by atoms with Crippen molar-refractivity contribution in [2.45, 2.75) is 19.4 Å². The van der Waals surface area contributed by atoms with Gasteiger partial charge in [-0.25, -0.2) is 0 Å². The standard InChI is InChI=1S/C18H31N5.HI/c1-19-18(21-16-17-8-4-3-5-9-17)20-10-6-7-11-23-14-12-22(2)13-15-23;/h3-5,8-9H,6-7,10-16H2,1-2H3,(H2,19,20,21);1H. The Labute approximate surface area is 163 Å². The molecule has 1 aromatic rings. The molecule has 136 valence electrons. The molecule has 1 saturated heterocycles. The summed E-state index contributed by atoms with van der Waals surface area (Å²) in [5.41, 5.74) is 1.27. The minimum absolute atomic E-state index is 0. The fourth-order valence-corrected chi connectivity index (χ4v) is 2.74. The van der Waals surface area contributed by atoms with Crippen LogP contribution in [0.2, 0.25) is 0 Å². The van der Waals surface area contributed by atoms with Crippen molar-refractivity contribution >= 4 is 29.9 Å². The van der Waals surface area contributed by atoms with Crippen molar-refractivity contribution in [1.82, 2.24) is 20.4 Å². The number of unbranched alkanes of at least 4 members (excludes halogenated alkanes) is 1. The topological polar surface area (TPSA) is 42.9 Å². The van der Waals surface area contributed by atoms with E-state index >= 15 is 0 Å². The van der Waals surface area contributed by atoms with Crippen LogP contribution in [0.15, 0.2) is 35.3 Å². The molecule has 0 spiro atoms. The molecule has 0 radical (unpaired) electrons. The number of aliphatic imine (C=N–C) groups is 1. The summed E-state index contributed by atoms with van der Waals surface area (Å²) in [5, 5.41) is 6.75. The molecule has 2 rings (SSSR count).